The monoisotopic (exact) mass is 267 g/mol. The Labute approximate surface area is 105 Å². The summed E-state index contributed by atoms with van der Waals surface area (Å²) in [6, 6.07) is 8.27. The molecular weight excluding hydrogens is 254 g/mol. The van der Waals surface area contributed by atoms with E-state index in [9.17, 15) is 8.42 Å². The first-order valence-electron chi connectivity index (χ1n) is 5.29. The molecular formula is C11H13N3O3S. The van der Waals surface area contributed by atoms with E-state index in [2.05, 4.69) is 15.2 Å². The lowest BCUT2D eigenvalue weighted by Gasteiger charge is -2.09. The minimum absolute atomic E-state index is 0.0698. The van der Waals surface area contributed by atoms with Crippen LogP contribution < -0.4 is 10.0 Å². The molecule has 0 saturated heterocycles. The zero-order valence-corrected chi connectivity index (χ0v) is 10.6. The van der Waals surface area contributed by atoms with Crippen LogP contribution in [0.25, 0.3) is 0 Å². The number of benzene rings is 1. The minimum atomic E-state index is -3.58. The zero-order valence-electron chi connectivity index (χ0n) is 9.75. The lowest BCUT2D eigenvalue weighted by molar-refractivity contribution is 0.380. The molecule has 0 atom stereocenters. The Hall–Kier alpha value is -1.86. The predicted octanol–water partition coefficient (Wildman–Crippen LogP) is 1.19. The highest BCUT2D eigenvalue weighted by Crippen LogP contribution is 2.19. The highest BCUT2D eigenvalue weighted by Gasteiger charge is 2.17. The van der Waals surface area contributed by atoms with Gasteiger partial charge in [0.15, 0.2) is 5.76 Å². The van der Waals surface area contributed by atoms with Crippen molar-refractivity contribution in [1.82, 2.24) is 9.88 Å². The molecule has 0 bridgehead atoms. The highest BCUT2D eigenvalue weighted by molar-refractivity contribution is 7.89. The fourth-order valence-corrected chi connectivity index (χ4v) is 2.69. The predicted molar refractivity (Wildman–Crippen MR) is 66.5 cm³/mol. The summed E-state index contributed by atoms with van der Waals surface area (Å²) in [6.07, 6.45) is 1.46. The molecule has 2 N–H and O–H groups in total. The smallest absolute Gasteiger partial charge is 0.243 e. The summed E-state index contributed by atoms with van der Waals surface area (Å²) in [5.74, 6) is 0.459. The van der Waals surface area contributed by atoms with Crippen LogP contribution in [-0.2, 0) is 16.6 Å². The number of aromatic nitrogens is 1. The van der Waals surface area contributed by atoms with Crippen LogP contribution in [0, 0.1) is 0 Å². The van der Waals surface area contributed by atoms with Gasteiger partial charge >= 0.3 is 0 Å². The van der Waals surface area contributed by atoms with Gasteiger partial charge in [0.05, 0.1) is 18.4 Å². The number of hydrogen-bond acceptors (Lipinski definition) is 5. The Bertz CT molecular complexity index is 608. The second-order valence-corrected chi connectivity index (χ2v) is 5.28. The Kier molecular flexibility index (Phi) is 3.63. The van der Waals surface area contributed by atoms with Gasteiger partial charge in [0.25, 0.3) is 0 Å². The average Bonchev–Trinajstić information content (AvgIpc) is 2.89. The van der Waals surface area contributed by atoms with Crippen molar-refractivity contribution in [2.75, 3.05) is 12.4 Å². The standard InChI is InChI=1S/C11H13N3O3S/c1-12-10-4-2-3-5-11(10)18(15,16)14-8-9-6-7-13-17-9/h2-7,12,14H,8H2,1H3. The molecule has 0 saturated carbocycles. The molecule has 0 fully saturated rings. The third-order valence-corrected chi connectivity index (χ3v) is 3.83. The molecule has 1 aromatic carbocycles. The van der Waals surface area contributed by atoms with Gasteiger partial charge in [-0.05, 0) is 12.1 Å². The van der Waals surface area contributed by atoms with E-state index in [0.717, 1.165) is 0 Å². The summed E-state index contributed by atoms with van der Waals surface area (Å²) in [5, 5.41) is 6.35. The van der Waals surface area contributed by atoms with Crippen molar-refractivity contribution in [3.8, 4) is 0 Å². The number of nitrogens with one attached hydrogen (secondary N) is 2. The summed E-state index contributed by atoms with van der Waals surface area (Å²) < 4.78 is 31.5. The number of nitrogens with zero attached hydrogens (tertiary/aromatic N) is 1. The number of anilines is 1. The van der Waals surface area contributed by atoms with Crippen molar-refractivity contribution in [2.45, 2.75) is 11.4 Å². The van der Waals surface area contributed by atoms with Crippen molar-refractivity contribution in [3.05, 3.63) is 42.3 Å². The van der Waals surface area contributed by atoms with E-state index >= 15 is 0 Å². The van der Waals surface area contributed by atoms with Crippen molar-refractivity contribution in [3.63, 3.8) is 0 Å². The average molecular weight is 267 g/mol. The van der Waals surface area contributed by atoms with E-state index in [1.54, 1.807) is 31.3 Å². The fourth-order valence-electron chi connectivity index (χ4n) is 1.48. The first kappa shape index (κ1) is 12.6. The third-order valence-electron chi connectivity index (χ3n) is 2.37. The van der Waals surface area contributed by atoms with Crippen LogP contribution in [0.2, 0.25) is 0 Å². The van der Waals surface area contributed by atoms with Gasteiger partial charge in [-0.15, -0.1) is 0 Å². The van der Waals surface area contributed by atoms with E-state index in [1.807, 2.05) is 0 Å². The molecule has 96 valence electrons. The molecule has 0 unspecified atom stereocenters. The number of sulfonamides is 1. The Balaban J connectivity index is 2.20. The van der Waals surface area contributed by atoms with Crippen LogP contribution in [0.3, 0.4) is 0 Å². The van der Waals surface area contributed by atoms with Crippen molar-refractivity contribution in [2.24, 2.45) is 0 Å². The first-order chi connectivity index (χ1) is 8.63. The maximum atomic E-state index is 12.1. The van der Waals surface area contributed by atoms with Crippen LogP contribution in [0.4, 0.5) is 5.69 Å². The minimum Gasteiger partial charge on any atom is -0.387 e. The van der Waals surface area contributed by atoms with Gasteiger partial charge in [-0.25, -0.2) is 13.1 Å². The van der Waals surface area contributed by atoms with Crippen molar-refractivity contribution in [1.29, 1.82) is 0 Å². The lowest BCUT2D eigenvalue weighted by Crippen LogP contribution is -2.23. The maximum Gasteiger partial charge on any atom is 0.243 e. The second-order valence-electron chi connectivity index (χ2n) is 3.55. The van der Waals surface area contributed by atoms with E-state index in [0.29, 0.717) is 11.4 Å². The summed E-state index contributed by atoms with van der Waals surface area (Å²) >= 11 is 0. The molecule has 7 heteroatoms. The zero-order chi connectivity index (χ0) is 13.0. The van der Waals surface area contributed by atoms with Gasteiger partial charge in [0.1, 0.15) is 4.90 Å². The van der Waals surface area contributed by atoms with E-state index < -0.39 is 10.0 Å². The van der Waals surface area contributed by atoms with Gasteiger partial charge in [-0.3, -0.25) is 0 Å². The first-order valence-corrected chi connectivity index (χ1v) is 6.78. The molecule has 6 nitrogen and oxygen atoms in total. The van der Waals surface area contributed by atoms with Gasteiger partial charge in [-0.2, -0.15) is 0 Å². The molecule has 0 aliphatic rings. The number of hydrogen-bond donors (Lipinski definition) is 2. The molecule has 0 aliphatic carbocycles. The van der Waals surface area contributed by atoms with Gasteiger partial charge in [0.2, 0.25) is 10.0 Å². The van der Waals surface area contributed by atoms with E-state index in [4.69, 9.17) is 4.52 Å². The quantitative estimate of drug-likeness (QED) is 0.850. The highest BCUT2D eigenvalue weighted by atomic mass is 32.2. The van der Waals surface area contributed by atoms with Gasteiger partial charge < -0.3 is 9.84 Å². The fraction of sp³-hybridized carbons (Fsp3) is 0.182. The van der Waals surface area contributed by atoms with E-state index in [-0.39, 0.29) is 11.4 Å². The molecule has 2 aromatic rings. The topological polar surface area (TPSA) is 84.2 Å². The number of rotatable bonds is 5. The summed E-state index contributed by atoms with van der Waals surface area (Å²) in [7, 11) is -1.91. The maximum absolute atomic E-state index is 12.1. The molecule has 18 heavy (non-hydrogen) atoms. The van der Waals surface area contributed by atoms with Gasteiger partial charge in [0, 0.05) is 13.1 Å². The Morgan fingerprint density at radius 1 is 1.28 bits per heavy atom. The molecule has 1 aromatic heterocycles. The molecule has 0 spiro atoms. The summed E-state index contributed by atoms with van der Waals surface area (Å²) in [5.41, 5.74) is 0.544. The second kappa shape index (κ2) is 5.19. The molecule has 0 radical (unpaired) electrons. The van der Waals surface area contributed by atoms with Crippen LogP contribution >= 0.6 is 0 Å². The van der Waals surface area contributed by atoms with Crippen LogP contribution in [-0.4, -0.2) is 20.6 Å². The SMILES string of the molecule is CNc1ccccc1S(=O)(=O)NCc1ccno1. The third kappa shape index (κ3) is 2.69. The molecule has 1 heterocycles. The summed E-state index contributed by atoms with van der Waals surface area (Å²) in [4.78, 5) is 0.201. The molecule has 2 rings (SSSR count). The summed E-state index contributed by atoms with van der Waals surface area (Å²) in [6.45, 7) is 0.0698. The Morgan fingerprint density at radius 2 is 2.06 bits per heavy atom. The van der Waals surface area contributed by atoms with Crippen LogP contribution in [0.5, 0.6) is 0 Å². The lowest BCUT2D eigenvalue weighted by atomic mass is 10.3. The largest absolute Gasteiger partial charge is 0.387 e. The molecule has 0 aliphatic heterocycles. The van der Waals surface area contributed by atoms with Gasteiger partial charge in [-0.1, -0.05) is 17.3 Å². The van der Waals surface area contributed by atoms with Crippen LogP contribution in [0.15, 0.2) is 45.9 Å². The normalized spacial score (nSPS) is 11.4. The molecule has 0 amide bonds. The van der Waals surface area contributed by atoms with E-state index in [1.165, 1.54) is 12.3 Å². The van der Waals surface area contributed by atoms with Crippen LogP contribution in [0.1, 0.15) is 5.76 Å². The van der Waals surface area contributed by atoms with Crippen molar-refractivity contribution >= 4 is 15.7 Å². The number of para-hydroxylation sites is 1. The van der Waals surface area contributed by atoms with Crippen molar-refractivity contribution < 1.29 is 12.9 Å². The Morgan fingerprint density at radius 3 is 2.72 bits per heavy atom.